The summed E-state index contributed by atoms with van der Waals surface area (Å²) in [6, 6.07) is 6.91. The first-order valence-corrected chi connectivity index (χ1v) is 11.7. The van der Waals surface area contributed by atoms with E-state index in [1.165, 1.54) is 0 Å². The average molecular weight is 469 g/mol. The molecule has 3 rings (SSSR count). The number of hydrogen-bond acceptors (Lipinski definition) is 10. The van der Waals surface area contributed by atoms with Crippen molar-refractivity contribution in [2.45, 2.75) is 0 Å². The highest BCUT2D eigenvalue weighted by atomic mass is 16.1. The quantitative estimate of drug-likeness (QED) is 0.248. The predicted octanol–water partition coefficient (Wildman–Crippen LogP) is 0.378. The third kappa shape index (κ3) is 6.57. The van der Waals surface area contributed by atoms with Crippen LogP contribution in [0.25, 0.3) is 0 Å². The minimum atomic E-state index is -0.213. The monoisotopic (exact) mass is 468 g/mol. The lowest BCUT2D eigenvalue weighted by Crippen LogP contribution is -2.32. The van der Waals surface area contributed by atoms with Crippen LogP contribution in [0.5, 0.6) is 0 Å². The highest BCUT2D eigenvalue weighted by molar-refractivity contribution is 6.31. The Kier molecular flexibility index (Phi) is 9.46. The normalized spacial score (nSPS) is 12.8. The summed E-state index contributed by atoms with van der Waals surface area (Å²) < 4.78 is 0. The van der Waals surface area contributed by atoms with E-state index in [1.807, 2.05) is 28.2 Å². The number of anilines is 2. The molecular formula is C24H36N8O2. The SMILES string of the molecule is CN(C)CCNCCNc1nnc(NCCNCCN(C)C)c2c1C(=O)c1ccccc1C2=O. The summed E-state index contributed by atoms with van der Waals surface area (Å²) >= 11 is 0. The zero-order valence-electron chi connectivity index (χ0n) is 20.6. The largest absolute Gasteiger partial charge is 0.367 e. The van der Waals surface area contributed by atoms with Gasteiger partial charge in [-0.25, -0.2) is 0 Å². The average Bonchev–Trinajstić information content (AvgIpc) is 2.81. The van der Waals surface area contributed by atoms with Gasteiger partial charge in [0.25, 0.3) is 0 Å². The Morgan fingerprint density at radius 1 is 0.647 bits per heavy atom. The second kappa shape index (κ2) is 12.5. The molecule has 10 nitrogen and oxygen atoms in total. The molecule has 0 amide bonds. The molecule has 0 saturated heterocycles. The summed E-state index contributed by atoms with van der Waals surface area (Å²) in [5.74, 6) is 0.254. The van der Waals surface area contributed by atoms with E-state index in [4.69, 9.17) is 0 Å². The fourth-order valence-corrected chi connectivity index (χ4v) is 3.67. The van der Waals surface area contributed by atoms with Crippen LogP contribution in [0.4, 0.5) is 11.6 Å². The summed E-state index contributed by atoms with van der Waals surface area (Å²) in [5.41, 5.74) is 1.37. The summed E-state index contributed by atoms with van der Waals surface area (Å²) in [4.78, 5) is 31.0. The van der Waals surface area contributed by atoms with Crippen molar-refractivity contribution >= 4 is 23.2 Å². The lowest BCUT2D eigenvalue weighted by molar-refractivity contribution is 0.0979. The Balaban J connectivity index is 1.74. The number of carbonyl (C=O) groups is 2. The van der Waals surface area contributed by atoms with E-state index < -0.39 is 0 Å². The van der Waals surface area contributed by atoms with Gasteiger partial charge in [-0.15, -0.1) is 10.2 Å². The van der Waals surface area contributed by atoms with Crippen LogP contribution in [0, 0.1) is 0 Å². The fraction of sp³-hybridized carbons (Fsp3) is 0.500. The third-order valence-electron chi connectivity index (χ3n) is 5.50. The zero-order valence-corrected chi connectivity index (χ0v) is 20.6. The maximum absolute atomic E-state index is 13.4. The zero-order chi connectivity index (χ0) is 24.5. The van der Waals surface area contributed by atoms with Crippen LogP contribution in [0.3, 0.4) is 0 Å². The molecule has 4 N–H and O–H groups in total. The molecule has 0 aliphatic heterocycles. The van der Waals surface area contributed by atoms with Gasteiger partial charge in [-0.2, -0.15) is 0 Å². The Bertz CT molecular complexity index is 915. The smallest absolute Gasteiger partial charge is 0.198 e. The van der Waals surface area contributed by atoms with Crippen molar-refractivity contribution in [2.24, 2.45) is 0 Å². The molecule has 1 aromatic heterocycles. The maximum Gasteiger partial charge on any atom is 0.198 e. The number of aromatic nitrogens is 2. The van der Waals surface area contributed by atoms with Gasteiger partial charge in [0.05, 0.1) is 11.1 Å². The number of nitrogens with one attached hydrogen (secondary N) is 4. The van der Waals surface area contributed by atoms with Crippen molar-refractivity contribution in [3.63, 3.8) is 0 Å². The molecule has 1 aromatic carbocycles. The molecule has 0 atom stereocenters. The minimum Gasteiger partial charge on any atom is -0.367 e. The molecule has 10 heteroatoms. The molecule has 0 fully saturated rings. The van der Waals surface area contributed by atoms with Gasteiger partial charge in [-0.05, 0) is 28.2 Å². The highest BCUT2D eigenvalue weighted by Crippen LogP contribution is 2.33. The Morgan fingerprint density at radius 3 is 1.44 bits per heavy atom. The van der Waals surface area contributed by atoms with Crippen molar-refractivity contribution in [1.82, 2.24) is 30.6 Å². The summed E-state index contributed by atoms with van der Waals surface area (Å²) in [5, 5.41) is 21.6. The van der Waals surface area contributed by atoms with Crippen LogP contribution >= 0.6 is 0 Å². The van der Waals surface area contributed by atoms with E-state index in [0.717, 1.165) is 26.2 Å². The molecule has 2 aromatic rings. The first-order valence-electron chi connectivity index (χ1n) is 11.7. The molecule has 0 radical (unpaired) electrons. The van der Waals surface area contributed by atoms with E-state index in [2.05, 4.69) is 41.3 Å². The topological polar surface area (TPSA) is 115 Å². The third-order valence-corrected chi connectivity index (χ3v) is 5.50. The molecule has 0 unspecified atom stereocenters. The van der Waals surface area contributed by atoms with Gasteiger partial charge < -0.3 is 31.1 Å². The maximum atomic E-state index is 13.4. The second-order valence-electron chi connectivity index (χ2n) is 8.81. The highest BCUT2D eigenvalue weighted by Gasteiger charge is 2.35. The number of ketones is 2. The lowest BCUT2D eigenvalue weighted by atomic mass is 9.84. The molecule has 184 valence electrons. The fourth-order valence-electron chi connectivity index (χ4n) is 3.67. The van der Waals surface area contributed by atoms with Crippen molar-refractivity contribution < 1.29 is 9.59 Å². The predicted molar refractivity (Wildman–Crippen MR) is 135 cm³/mol. The molecule has 0 spiro atoms. The number of fused-ring (bicyclic) bond motifs is 2. The lowest BCUT2D eigenvalue weighted by Gasteiger charge is -2.22. The Morgan fingerprint density at radius 2 is 1.06 bits per heavy atom. The Hall–Kier alpha value is -2.92. The van der Waals surface area contributed by atoms with E-state index in [-0.39, 0.29) is 22.7 Å². The number of carbonyl (C=O) groups excluding carboxylic acids is 2. The van der Waals surface area contributed by atoms with Crippen LogP contribution in [0.15, 0.2) is 24.3 Å². The van der Waals surface area contributed by atoms with Gasteiger partial charge in [0.1, 0.15) is 0 Å². The number of rotatable bonds is 14. The van der Waals surface area contributed by atoms with Gasteiger partial charge in [0.2, 0.25) is 0 Å². The number of hydrogen-bond donors (Lipinski definition) is 4. The number of likely N-dealkylation sites (N-methyl/N-ethyl adjacent to an activating group) is 2. The van der Waals surface area contributed by atoms with Crippen LogP contribution in [-0.4, -0.2) is 112 Å². The van der Waals surface area contributed by atoms with E-state index in [0.29, 0.717) is 48.9 Å². The second-order valence-corrected chi connectivity index (χ2v) is 8.81. The van der Waals surface area contributed by atoms with E-state index in [1.54, 1.807) is 24.3 Å². The van der Waals surface area contributed by atoms with Crippen LogP contribution in [0.1, 0.15) is 31.8 Å². The van der Waals surface area contributed by atoms with Gasteiger partial charge in [0.15, 0.2) is 23.2 Å². The molecule has 1 aliphatic rings. The standard InChI is InChI=1S/C24H36N8O2/c1-31(2)15-13-25-9-11-27-23-19-20(22(34)18-8-6-5-7-17(18)21(19)33)24(30-29-23)28-12-10-26-14-16-32(3)4/h5-8,25-26H,9-16H2,1-4H3,(H,27,29)(H,28,30). The van der Waals surface area contributed by atoms with E-state index in [9.17, 15) is 9.59 Å². The number of benzene rings is 1. The van der Waals surface area contributed by atoms with Crippen molar-refractivity contribution in [1.29, 1.82) is 0 Å². The van der Waals surface area contributed by atoms with Crippen molar-refractivity contribution in [3.05, 3.63) is 46.5 Å². The summed E-state index contributed by atoms with van der Waals surface area (Å²) in [7, 11) is 8.10. The van der Waals surface area contributed by atoms with Crippen molar-refractivity contribution in [3.8, 4) is 0 Å². The molecule has 1 heterocycles. The summed E-state index contributed by atoms with van der Waals surface area (Å²) in [6.45, 7) is 6.08. The van der Waals surface area contributed by atoms with Gasteiger partial charge in [-0.1, -0.05) is 24.3 Å². The minimum absolute atomic E-state index is 0.213. The van der Waals surface area contributed by atoms with Crippen LogP contribution in [0.2, 0.25) is 0 Å². The Labute approximate surface area is 201 Å². The van der Waals surface area contributed by atoms with Gasteiger partial charge in [-0.3, -0.25) is 9.59 Å². The molecule has 1 aliphatic carbocycles. The van der Waals surface area contributed by atoms with E-state index >= 15 is 0 Å². The molecule has 0 bridgehead atoms. The van der Waals surface area contributed by atoms with Crippen molar-refractivity contribution in [2.75, 3.05) is 91.2 Å². The molecule has 34 heavy (non-hydrogen) atoms. The van der Waals surface area contributed by atoms with Crippen LogP contribution in [-0.2, 0) is 0 Å². The first kappa shape index (κ1) is 25.7. The van der Waals surface area contributed by atoms with Gasteiger partial charge >= 0.3 is 0 Å². The van der Waals surface area contributed by atoms with Crippen LogP contribution < -0.4 is 21.3 Å². The first-order chi connectivity index (χ1) is 16.4. The van der Waals surface area contributed by atoms with Gasteiger partial charge in [0, 0.05) is 63.5 Å². The number of nitrogens with zero attached hydrogens (tertiary/aromatic N) is 4. The summed E-state index contributed by atoms with van der Waals surface area (Å²) in [6.07, 6.45) is 0. The molecule has 0 saturated carbocycles. The molecular weight excluding hydrogens is 432 g/mol.